The summed E-state index contributed by atoms with van der Waals surface area (Å²) in [6, 6.07) is 17.7. The van der Waals surface area contributed by atoms with Gasteiger partial charge in [0.15, 0.2) is 6.61 Å². The van der Waals surface area contributed by atoms with Gasteiger partial charge in [0.1, 0.15) is 5.75 Å². The molecule has 3 aromatic rings. The molecule has 1 aliphatic rings. The number of aryl methyl sites for hydroxylation is 1. The minimum absolute atomic E-state index is 0.000122. The van der Waals surface area contributed by atoms with E-state index in [2.05, 4.69) is 44.6 Å². The topological polar surface area (TPSA) is 80.5 Å². The van der Waals surface area contributed by atoms with Crippen molar-refractivity contribution in [1.82, 2.24) is 15.0 Å². The number of nitrogens with one attached hydrogen (secondary N) is 1. The second kappa shape index (κ2) is 9.54. The van der Waals surface area contributed by atoms with Crippen LogP contribution in [0.2, 0.25) is 0 Å². The molecule has 0 saturated carbocycles. The molecule has 156 valence electrons. The third kappa shape index (κ3) is 5.45. The number of hydrogen-bond donors (Lipinski definition) is 1. The highest BCUT2D eigenvalue weighted by Gasteiger charge is 2.25. The fraction of sp³-hybridized carbons (Fsp3) is 0.348. The molecule has 2 heterocycles. The molecular weight excluding hydrogens is 380 g/mol. The maximum atomic E-state index is 12.8. The number of ether oxygens (including phenoxy) is 1. The highest BCUT2D eigenvalue weighted by Crippen LogP contribution is 2.22. The Kier molecular flexibility index (Phi) is 6.39. The molecule has 1 saturated heterocycles. The van der Waals surface area contributed by atoms with E-state index >= 15 is 0 Å². The van der Waals surface area contributed by atoms with Crippen molar-refractivity contribution in [3.05, 3.63) is 71.9 Å². The highest BCUT2D eigenvalue weighted by atomic mass is 16.5. The van der Waals surface area contributed by atoms with Gasteiger partial charge in [-0.05, 0) is 49.2 Å². The standard InChI is InChI=1S/C23H26N4O3/c1-17-24-22(26-30-17)16-29-21-11-9-20(10-12-21)25-23(28)19-8-5-13-27(15-19)14-18-6-3-2-4-7-18/h2-4,6-7,9-12,19H,5,8,13-16H2,1H3,(H,25,28). The van der Waals surface area contributed by atoms with Gasteiger partial charge in [-0.2, -0.15) is 4.98 Å². The summed E-state index contributed by atoms with van der Waals surface area (Å²) < 4.78 is 10.6. The number of likely N-dealkylation sites (tertiary alicyclic amines) is 1. The van der Waals surface area contributed by atoms with Crippen molar-refractivity contribution in [2.24, 2.45) is 5.92 Å². The summed E-state index contributed by atoms with van der Waals surface area (Å²) in [4.78, 5) is 19.2. The first-order valence-corrected chi connectivity index (χ1v) is 10.2. The molecule has 1 aromatic heterocycles. The Bertz CT molecular complexity index is 956. The van der Waals surface area contributed by atoms with E-state index in [1.807, 2.05) is 30.3 Å². The highest BCUT2D eigenvalue weighted by molar-refractivity contribution is 5.92. The first-order chi connectivity index (χ1) is 14.7. The number of nitrogens with zero attached hydrogens (tertiary/aromatic N) is 3. The number of aromatic nitrogens is 2. The van der Waals surface area contributed by atoms with Gasteiger partial charge >= 0.3 is 0 Å². The smallest absolute Gasteiger partial charge is 0.228 e. The van der Waals surface area contributed by atoms with Gasteiger partial charge in [0.25, 0.3) is 0 Å². The molecule has 4 rings (SSSR count). The lowest BCUT2D eigenvalue weighted by molar-refractivity contribution is -0.121. The van der Waals surface area contributed by atoms with Crippen molar-refractivity contribution in [3.8, 4) is 5.75 Å². The van der Waals surface area contributed by atoms with E-state index < -0.39 is 0 Å². The van der Waals surface area contributed by atoms with Crippen molar-refractivity contribution >= 4 is 11.6 Å². The molecule has 0 aliphatic carbocycles. The molecule has 0 radical (unpaired) electrons. The predicted molar refractivity (Wildman–Crippen MR) is 113 cm³/mol. The minimum Gasteiger partial charge on any atom is -0.485 e. The van der Waals surface area contributed by atoms with E-state index in [-0.39, 0.29) is 18.4 Å². The summed E-state index contributed by atoms with van der Waals surface area (Å²) in [5.74, 6) is 1.77. The molecule has 1 fully saturated rings. The molecular formula is C23H26N4O3. The van der Waals surface area contributed by atoms with E-state index in [1.165, 1.54) is 5.56 Å². The fourth-order valence-electron chi connectivity index (χ4n) is 3.68. The Balaban J connectivity index is 1.27. The average molecular weight is 406 g/mol. The zero-order valence-electron chi connectivity index (χ0n) is 17.1. The second-order valence-corrected chi connectivity index (χ2v) is 7.59. The predicted octanol–water partition coefficient (Wildman–Crippen LogP) is 3.81. The lowest BCUT2D eigenvalue weighted by Crippen LogP contribution is -2.40. The second-order valence-electron chi connectivity index (χ2n) is 7.59. The van der Waals surface area contributed by atoms with Crippen molar-refractivity contribution in [3.63, 3.8) is 0 Å². The SMILES string of the molecule is Cc1nc(COc2ccc(NC(=O)C3CCCN(Cc4ccccc4)C3)cc2)no1. The summed E-state index contributed by atoms with van der Waals surface area (Å²) >= 11 is 0. The zero-order chi connectivity index (χ0) is 20.8. The van der Waals surface area contributed by atoms with Gasteiger partial charge in [-0.25, -0.2) is 0 Å². The number of carbonyl (C=O) groups excluding carboxylic acids is 1. The van der Waals surface area contributed by atoms with Gasteiger partial charge in [-0.15, -0.1) is 0 Å². The van der Waals surface area contributed by atoms with Crippen LogP contribution in [0.3, 0.4) is 0 Å². The van der Waals surface area contributed by atoms with Crippen molar-refractivity contribution < 1.29 is 14.1 Å². The quantitative estimate of drug-likeness (QED) is 0.643. The third-order valence-electron chi connectivity index (χ3n) is 5.18. The molecule has 0 bridgehead atoms. The molecule has 1 aliphatic heterocycles. The monoisotopic (exact) mass is 406 g/mol. The summed E-state index contributed by atoms with van der Waals surface area (Å²) in [7, 11) is 0. The number of benzene rings is 2. The van der Waals surface area contributed by atoms with Crippen molar-refractivity contribution in [2.75, 3.05) is 18.4 Å². The Morgan fingerprint density at radius 1 is 1.20 bits per heavy atom. The lowest BCUT2D eigenvalue weighted by atomic mass is 9.96. The van der Waals surface area contributed by atoms with Gasteiger partial charge in [0, 0.05) is 25.7 Å². The van der Waals surface area contributed by atoms with E-state index in [1.54, 1.807) is 6.92 Å². The molecule has 1 unspecified atom stereocenters. The van der Waals surface area contributed by atoms with E-state index in [0.29, 0.717) is 17.5 Å². The maximum Gasteiger partial charge on any atom is 0.228 e. The van der Waals surface area contributed by atoms with Crippen LogP contribution >= 0.6 is 0 Å². The average Bonchev–Trinajstić information content (AvgIpc) is 3.19. The van der Waals surface area contributed by atoms with E-state index in [0.717, 1.165) is 38.2 Å². The zero-order valence-corrected chi connectivity index (χ0v) is 17.1. The number of rotatable bonds is 7. The minimum atomic E-state index is -0.000122. The number of amides is 1. The molecule has 0 spiro atoms. The first kappa shape index (κ1) is 20.1. The molecule has 30 heavy (non-hydrogen) atoms. The summed E-state index contributed by atoms with van der Waals surface area (Å²) in [6.45, 7) is 4.68. The number of anilines is 1. The van der Waals surface area contributed by atoms with Crippen LogP contribution in [0.15, 0.2) is 59.1 Å². The van der Waals surface area contributed by atoms with Crippen molar-refractivity contribution in [2.45, 2.75) is 32.9 Å². The van der Waals surface area contributed by atoms with E-state index in [4.69, 9.17) is 9.26 Å². The lowest BCUT2D eigenvalue weighted by Gasteiger charge is -2.32. The largest absolute Gasteiger partial charge is 0.485 e. The van der Waals surface area contributed by atoms with E-state index in [9.17, 15) is 4.79 Å². The number of hydrogen-bond acceptors (Lipinski definition) is 6. The van der Waals surface area contributed by atoms with Gasteiger partial charge in [0.2, 0.25) is 17.6 Å². The van der Waals surface area contributed by atoms with Crippen LogP contribution in [0.1, 0.15) is 30.1 Å². The molecule has 2 aromatic carbocycles. The normalized spacial score (nSPS) is 16.9. The van der Waals surface area contributed by atoms with Gasteiger partial charge in [-0.3, -0.25) is 9.69 Å². The first-order valence-electron chi connectivity index (χ1n) is 10.2. The Labute approximate surface area is 176 Å². The summed E-state index contributed by atoms with van der Waals surface area (Å²) in [6.07, 6.45) is 1.95. The number of carbonyl (C=O) groups is 1. The van der Waals surface area contributed by atoms with Crippen LogP contribution in [0, 0.1) is 12.8 Å². The maximum absolute atomic E-state index is 12.8. The van der Waals surface area contributed by atoms with Crippen molar-refractivity contribution in [1.29, 1.82) is 0 Å². The Morgan fingerprint density at radius 3 is 2.73 bits per heavy atom. The van der Waals surface area contributed by atoms with Gasteiger partial charge in [-0.1, -0.05) is 35.5 Å². The Morgan fingerprint density at radius 2 is 2.00 bits per heavy atom. The van der Waals surface area contributed by atoms with Gasteiger partial charge < -0.3 is 14.6 Å². The third-order valence-corrected chi connectivity index (χ3v) is 5.18. The van der Waals surface area contributed by atoms with Crippen LogP contribution in [-0.4, -0.2) is 34.0 Å². The molecule has 1 N–H and O–H groups in total. The van der Waals surface area contributed by atoms with Crippen LogP contribution in [0.25, 0.3) is 0 Å². The van der Waals surface area contributed by atoms with Crippen LogP contribution in [-0.2, 0) is 17.9 Å². The molecule has 1 atom stereocenters. The van der Waals surface area contributed by atoms with Crippen LogP contribution in [0.5, 0.6) is 5.75 Å². The van der Waals surface area contributed by atoms with Crippen LogP contribution < -0.4 is 10.1 Å². The summed E-state index contributed by atoms with van der Waals surface area (Å²) in [5.41, 5.74) is 2.05. The fourth-order valence-corrected chi connectivity index (χ4v) is 3.68. The molecule has 1 amide bonds. The Hall–Kier alpha value is -3.19. The number of piperidine rings is 1. The summed E-state index contributed by atoms with van der Waals surface area (Å²) in [5, 5.41) is 6.84. The van der Waals surface area contributed by atoms with Gasteiger partial charge in [0.05, 0.1) is 5.92 Å². The molecule has 7 nitrogen and oxygen atoms in total. The molecule has 7 heteroatoms. The van der Waals surface area contributed by atoms with Crippen LogP contribution in [0.4, 0.5) is 5.69 Å².